The van der Waals surface area contributed by atoms with E-state index >= 15 is 0 Å². The van der Waals surface area contributed by atoms with Gasteiger partial charge in [0.05, 0.1) is 25.0 Å². The maximum absolute atomic E-state index is 13.2. The van der Waals surface area contributed by atoms with Crippen LogP contribution in [-0.4, -0.2) is 50.6 Å². The number of methoxy groups -OCH3 is 1. The van der Waals surface area contributed by atoms with E-state index in [0.29, 0.717) is 52.8 Å². The van der Waals surface area contributed by atoms with Crippen LogP contribution < -0.4 is 19.9 Å². The first kappa shape index (κ1) is 19.6. The van der Waals surface area contributed by atoms with Gasteiger partial charge >= 0.3 is 0 Å². The number of nitrogen functional groups attached to an aromatic ring is 1. The van der Waals surface area contributed by atoms with Gasteiger partial charge in [-0.1, -0.05) is 19.1 Å². The third-order valence-electron chi connectivity index (χ3n) is 5.59. The molecule has 2 aromatic carbocycles. The van der Waals surface area contributed by atoms with Crippen LogP contribution in [0.4, 0.5) is 5.69 Å². The first-order valence-corrected chi connectivity index (χ1v) is 10.3. The predicted octanol–water partition coefficient (Wildman–Crippen LogP) is 3.75. The van der Waals surface area contributed by atoms with Gasteiger partial charge in [0.2, 0.25) is 0 Å². The Hall–Kier alpha value is -2.73. The Morgan fingerprint density at radius 1 is 1.00 bits per heavy atom. The van der Waals surface area contributed by atoms with Gasteiger partial charge in [0, 0.05) is 29.3 Å². The summed E-state index contributed by atoms with van der Waals surface area (Å²) < 4.78 is 17.5. The zero-order valence-corrected chi connectivity index (χ0v) is 17.1. The zero-order chi connectivity index (χ0) is 20.4. The number of hydrogen-bond donors (Lipinski definition) is 1. The van der Waals surface area contributed by atoms with Gasteiger partial charge in [-0.15, -0.1) is 0 Å². The van der Waals surface area contributed by atoms with Gasteiger partial charge in [-0.2, -0.15) is 0 Å². The fourth-order valence-electron chi connectivity index (χ4n) is 4.15. The van der Waals surface area contributed by atoms with Crippen molar-refractivity contribution in [3.63, 3.8) is 0 Å². The highest BCUT2D eigenvalue weighted by Gasteiger charge is 2.36. The van der Waals surface area contributed by atoms with E-state index in [1.807, 2.05) is 25.1 Å². The summed E-state index contributed by atoms with van der Waals surface area (Å²) in [5.74, 6) is 1.63. The molecule has 154 valence electrons. The minimum atomic E-state index is -0.113. The number of ether oxygens (including phenoxy) is 3. The van der Waals surface area contributed by atoms with E-state index in [2.05, 4.69) is 4.90 Å². The molecule has 6 heteroatoms. The summed E-state index contributed by atoms with van der Waals surface area (Å²) in [5.41, 5.74) is 9.21. The molecule has 0 atom stereocenters. The molecular formula is C23H28N2O4. The molecule has 1 aliphatic carbocycles. The van der Waals surface area contributed by atoms with Crippen LogP contribution in [0.3, 0.4) is 0 Å². The average Bonchev–Trinajstić information content (AvgIpc) is 3.35. The standard InChI is InChI=1S/C23H28N2O4/c1-3-12-28-18-14-17(27-2)20-19-15(23(26)21(20)22(18)24)7-6-8-16(19)29-13-11-25-9-4-5-10-25/h6-8,14H,3-5,9-13,24H2,1-2H3. The molecule has 0 spiro atoms. The Morgan fingerprint density at radius 2 is 1.76 bits per heavy atom. The molecule has 2 aromatic rings. The van der Waals surface area contributed by atoms with Gasteiger partial charge in [-0.25, -0.2) is 0 Å². The predicted molar refractivity (Wildman–Crippen MR) is 113 cm³/mol. The lowest BCUT2D eigenvalue weighted by atomic mass is 10.0. The van der Waals surface area contributed by atoms with E-state index in [-0.39, 0.29) is 5.78 Å². The molecule has 0 amide bonds. The van der Waals surface area contributed by atoms with Gasteiger partial charge in [-0.05, 0) is 38.4 Å². The molecule has 6 nitrogen and oxygen atoms in total. The van der Waals surface area contributed by atoms with Crippen molar-refractivity contribution in [2.75, 3.05) is 45.7 Å². The number of hydrogen-bond acceptors (Lipinski definition) is 6. The van der Waals surface area contributed by atoms with Crippen LogP contribution in [0.2, 0.25) is 0 Å². The van der Waals surface area contributed by atoms with Crippen molar-refractivity contribution >= 4 is 11.5 Å². The highest BCUT2D eigenvalue weighted by Crippen LogP contribution is 2.51. The first-order chi connectivity index (χ1) is 14.2. The summed E-state index contributed by atoms with van der Waals surface area (Å²) in [7, 11) is 1.59. The maximum Gasteiger partial charge on any atom is 0.196 e. The summed E-state index contributed by atoms with van der Waals surface area (Å²) in [6.45, 7) is 6.26. The number of ketones is 1. The Morgan fingerprint density at radius 3 is 2.48 bits per heavy atom. The Kier molecular flexibility index (Phi) is 5.62. The Balaban J connectivity index is 1.70. The number of fused-ring (bicyclic) bond motifs is 3. The molecule has 1 aliphatic heterocycles. The van der Waals surface area contributed by atoms with Crippen molar-refractivity contribution in [2.45, 2.75) is 26.2 Å². The normalized spacial score (nSPS) is 15.3. The molecule has 1 saturated heterocycles. The number of nitrogens with zero attached hydrogens (tertiary/aromatic N) is 1. The lowest BCUT2D eigenvalue weighted by Gasteiger charge is -2.18. The van der Waals surface area contributed by atoms with Crippen molar-refractivity contribution in [2.24, 2.45) is 0 Å². The van der Waals surface area contributed by atoms with Crippen LogP contribution in [0, 0.1) is 0 Å². The van der Waals surface area contributed by atoms with Gasteiger partial charge in [0.25, 0.3) is 0 Å². The molecule has 2 N–H and O–H groups in total. The van der Waals surface area contributed by atoms with Crippen molar-refractivity contribution in [3.05, 3.63) is 35.4 Å². The van der Waals surface area contributed by atoms with Gasteiger partial charge in [-0.3, -0.25) is 9.69 Å². The van der Waals surface area contributed by atoms with Crippen LogP contribution in [0.5, 0.6) is 17.2 Å². The molecule has 0 saturated carbocycles. The van der Waals surface area contributed by atoms with Crippen LogP contribution in [-0.2, 0) is 0 Å². The Bertz CT molecular complexity index is 920. The molecule has 2 aliphatic rings. The van der Waals surface area contributed by atoms with E-state index in [1.54, 1.807) is 13.2 Å². The van der Waals surface area contributed by atoms with E-state index < -0.39 is 0 Å². The number of benzene rings is 2. The minimum absolute atomic E-state index is 0.113. The fraction of sp³-hybridized carbons (Fsp3) is 0.435. The second kappa shape index (κ2) is 8.33. The number of carbonyl (C=O) groups excluding carboxylic acids is 1. The minimum Gasteiger partial charge on any atom is -0.496 e. The smallest absolute Gasteiger partial charge is 0.196 e. The highest BCUT2D eigenvalue weighted by molar-refractivity contribution is 6.26. The second-order valence-corrected chi connectivity index (χ2v) is 7.49. The zero-order valence-electron chi connectivity index (χ0n) is 17.1. The third-order valence-corrected chi connectivity index (χ3v) is 5.59. The van der Waals surface area contributed by atoms with Crippen molar-refractivity contribution in [3.8, 4) is 28.4 Å². The molecular weight excluding hydrogens is 368 g/mol. The number of nitrogens with two attached hydrogens (primary N) is 1. The summed E-state index contributed by atoms with van der Waals surface area (Å²) in [5, 5.41) is 0. The summed E-state index contributed by atoms with van der Waals surface area (Å²) in [4.78, 5) is 15.6. The maximum atomic E-state index is 13.2. The number of anilines is 1. The number of rotatable bonds is 8. The lowest BCUT2D eigenvalue weighted by Crippen LogP contribution is -2.25. The van der Waals surface area contributed by atoms with Gasteiger partial charge < -0.3 is 19.9 Å². The lowest BCUT2D eigenvalue weighted by molar-refractivity contribution is 0.104. The second-order valence-electron chi connectivity index (χ2n) is 7.49. The number of likely N-dealkylation sites (tertiary alicyclic amines) is 1. The SMILES string of the molecule is CCCOc1cc(OC)c2c(c1N)C(=O)c1cccc(OCCN3CCCC3)c1-2. The molecule has 0 aromatic heterocycles. The van der Waals surface area contributed by atoms with Crippen LogP contribution >= 0.6 is 0 Å². The van der Waals surface area contributed by atoms with Crippen LogP contribution in [0.15, 0.2) is 24.3 Å². The van der Waals surface area contributed by atoms with Gasteiger partial charge in [0.15, 0.2) is 5.78 Å². The molecule has 0 unspecified atom stereocenters. The fourth-order valence-corrected chi connectivity index (χ4v) is 4.15. The molecule has 1 fully saturated rings. The van der Waals surface area contributed by atoms with Crippen molar-refractivity contribution in [1.82, 2.24) is 4.90 Å². The topological polar surface area (TPSA) is 74.0 Å². The van der Waals surface area contributed by atoms with E-state index in [9.17, 15) is 4.79 Å². The van der Waals surface area contributed by atoms with Crippen LogP contribution in [0.25, 0.3) is 11.1 Å². The Labute approximate surface area is 171 Å². The van der Waals surface area contributed by atoms with Crippen LogP contribution in [0.1, 0.15) is 42.1 Å². The van der Waals surface area contributed by atoms with Crippen molar-refractivity contribution in [1.29, 1.82) is 0 Å². The molecule has 0 bridgehead atoms. The third kappa shape index (κ3) is 3.53. The quantitative estimate of drug-likeness (QED) is 0.585. The molecule has 1 heterocycles. The van der Waals surface area contributed by atoms with Gasteiger partial charge in [0.1, 0.15) is 23.9 Å². The number of carbonyl (C=O) groups is 1. The molecule has 29 heavy (non-hydrogen) atoms. The molecule has 0 radical (unpaired) electrons. The van der Waals surface area contributed by atoms with E-state index in [0.717, 1.165) is 31.6 Å². The molecule has 4 rings (SSSR count). The monoisotopic (exact) mass is 396 g/mol. The largest absolute Gasteiger partial charge is 0.496 e. The summed E-state index contributed by atoms with van der Waals surface area (Å²) in [6, 6.07) is 7.34. The summed E-state index contributed by atoms with van der Waals surface area (Å²) >= 11 is 0. The van der Waals surface area contributed by atoms with E-state index in [1.165, 1.54) is 12.8 Å². The summed E-state index contributed by atoms with van der Waals surface area (Å²) in [6.07, 6.45) is 3.35. The first-order valence-electron chi connectivity index (χ1n) is 10.3. The average molecular weight is 396 g/mol. The van der Waals surface area contributed by atoms with E-state index in [4.69, 9.17) is 19.9 Å². The highest BCUT2D eigenvalue weighted by atomic mass is 16.5. The van der Waals surface area contributed by atoms with Crippen molar-refractivity contribution < 1.29 is 19.0 Å².